The fourth-order valence-electron chi connectivity index (χ4n) is 8.01. The third kappa shape index (κ3) is 9.70. The molecule has 0 atom stereocenters. The minimum absolute atomic E-state index is 0.107. The van der Waals surface area contributed by atoms with Gasteiger partial charge in [-0.3, -0.25) is 34.8 Å². The van der Waals surface area contributed by atoms with Crippen molar-refractivity contribution in [2.45, 2.75) is 103 Å². The zero-order valence-electron chi connectivity index (χ0n) is 36.7. The number of nitriles is 1. The molecule has 0 aliphatic carbocycles. The maximum absolute atomic E-state index is 12.8. The van der Waals surface area contributed by atoms with E-state index in [9.17, 15) is 40.8 Å². The zero-order chi connectivity index (χ0) is 47.2. The van der Waals surface area contributed by atoms with Crippen molar-refractivity contribution in [3.05, 3.63) is 68.5 Å². The molecule has 0 aromatic heterocycles. The van der Waals surface area contributed by atoms with E-state index in [0.29, 0.717) is 16.9 Å². The van der Waals surface area contributed by atoms with Crippen LogP contribution in [-0.2, 0) is 34.4 Å². The van der Waals surface area contributed by atoms with E-state index >= 15 is 0 Å². The van der Waals surface area contributed by atoms with E-state index in [-0.39, 0.29) is 63.7 Å². The molecule has 2 aromatic rings. The molecule has 0 unspecified atom stereocenters. The van der Waals surface area contributed by atoms with Gasteiger partial charge in [0.15, 0.2) is 0 Å². The predicted octanol–water partition coefficient (Wildman–Crippen LogP) is 2.47. The number of hydrogen-bond donors (Lipinski definition) is 5. The summed E-state index contributed by atoms with van der Waals surface area (Å²) in [5, 5.41) is 16.0. The van der Waals surface area contributed by atoms with Crippen molar-refractivity contribution in [3.63, 3.8) is 0 Å². The topological polar surface area (TPSA) is 292 Å². The Morgan fingerprint density at radius 3 is 1.24 bits per heavy atom. The lowest BCUT2D eigenvalue weighted by Gasteiger charge is -2.35. The molecule has 4 saturated heterocycles. The van der Waals surface area contributed by atoms with E-state index < -0.39 is 60.2 Å². The molecule has 63 heavy (non-hydrogen) atoms. The molecule has 2 aromatic carbocycles. The van der Waals surface area contributed by atoms with Crippen LogP contribution in [0.25, 0.3) is 12.2 Å². The standard InChI is InChI=1S/C21H29N5O5S.C21H27N5O4S/c1-13-11-15(26-19(29)24-18(28)20(26,3)4)12-14(2)16(13)5-10-32(30,31)25-8-6-21(23,7-9-25)17(22)27;1-14-11-16(26-19(28)24-18(27)20(26,3)4)12-15(2)17(14)5-10-31(29,30)25-8-6-21(23,13-22)7-9-25/h5,10-12H,6-9,23H2,1-4H3,(H2,22,27)(H,24,28,29);5,10-12H,6-9,23H2,1-4H3,(H,24,27,28)/b2*10-5+. The van der Waals surface area contributed by atoms with Gasteiger partial charge >= 0.3 is 12.1 Å². The van der Waals surface area contributed by atoms with E-state index in [1.807, 2.05) is 33.8 Å². The number of nitrogens with one attached hydrogen (secondary N) is 2. The van der Waals surface area contributed by atoms with Crippen molar-refractivity contribution >= 4 is 73.4 Å². The van der Waals surface area contributed by atoms with Gasteiger partial charge in [0.2, 0.25) is 26.0 Å². The number of imide groups is 2. The van der Waals surface area contributed by atoms with Gasteiger partial charge in [0.25, 0.3) is 11.8 Å². The number of carbonyl (C=O) groups is 5. The Kier molecular flexibility index (Phi) is 13.3. The van der Waals surface area contributed by atoms with Gasteiger partial charge in [0.1, 0.15) is 16.6 Å². The van der Waals surface area contributed by atoms with Gasteiger partial charge in [-0.05, 0) is 151 Å². The molecule has 21 heteroatoms. The molecule has 0 radical (unpaired) electrons. The second kappa shape index (κ2) is 17.2. The Morgan fingerprint density at radius 1 is 0.651 bits per heavy atom. The van der Waals surface area contributed by atoms with Crippen LogP contribution in [0.1, 0.15) is 86.8 Å². The van der Waals surface area contributed by atoms with E-state index in [1.165, 1.54) is 24.5 Å². The van der Waals surface area contributed by atoms with Crippen LogP contribution in [-0.4, -0.2) is 104 Å². The summed E-state index contributed by atoms with van der Waals surface area (Å²) >= 11 is 0. The summed E-state index contributed by atoms with van der Waals surface area (Å²) in [4.78, 5) is 63.0. The second-order valence-electron chi connectivity index (χ2n) is 17.6. The molecule has 19 nitrogen and oxygen atoms in total. The maximum atomic E-state index is 12.8. The molecule has 0 bridgehead atoms. The van der Waals surface area contributed by atoms with Crippen molar-refractivity contribution in [2.24, 2.45) is 17.2 Å². The van der Waals surface area contributed by atoms with E-state index in [2.05, 4.69) is 10.6 Å². The smallest absolute Gasteiger partial charge is 0.329 e. The zero-order valence-corrected chi connectivity index (χ0v) is 38.4. The summed E-state index contributed by atoms with van der Waals surface area (Å²) in [6, 6.07) is 8.07. The number of sulfonamides is 2. The molecule has 7 amide bonds. The second-order valence-corrected chi connectivity index (χ2v) is 21.2. The highest BCUT2D eigenvalue weighted by Gasteiger charge is 2.48. The van der Waals surface area contributed by atoms with Crippen LogP contribution >= 0.6 is 0 Å². The van der Waals surface area contributed by atoms with Gasteiger partial charge in [-0.25, -0.2) is 26.4 Å². The number of benzene rings is 2. The SMILES string of the molecule is Cc1cc(N2C(=O)NC(=O)C2(C)C)cc(C)c1/C=C/S(=O)(=O)N1CCC(N)(C#N)CC1.Cc1cc(N2C(=O)NC(=O)C2(C)C)cc(C)c1/C=C/S(=O)(=O)N1CCC(N)(C(N)=O)CC1. The van der Waals surface area contributed by atoms with Gasteiger partial charge in [0, 0.05) is 48.4 Å². The third-order valence-corrected chi connectivity index (χ3v) is 15.4. The van der Waals surface area contributed by atoms with Gasteiger partial charge in [-0.2, -0.15) is 13.9 Å². The lowest BCUT2D eigenvalue weighted by atomic mass is 9.89. The lowest BCUT2D eigenvalue weighted by Crippen LogP contribution is -2.58. The molecular formula is C42H56N10O9S2. The van der Waals surface area contributed by atoms with Gasteiger partial charge < -0.3 is 17.2 Å². The fourth-order valence-corrected chi connectivity index (χ4v) is 10.4. The average Bonchev–Trinajstić information content (AvgIpc) is 3.52. The van der Waals surface area contributed by atoms with Crippen molar-refractivity contribution in [2.75, 3.05) is 36.0 Å². The first-order valence-corrected chi connectivity index (χ1v) is 23.2. The number of urea groups is 2. The summed E-state index contributed by atoms with van der Waals surface area (Å²) in [6.07, 6.45) is 3.95. The Bertz CT molecular complexity index is 2540. The molecule has 340 valence electrons. The average molecular weight is 909 g/mol. The molecule has 4 heterocycles. The minimum atomic E-state index is -3.73. The summed E-state index contributed by atoms with van der Waals surface area (Å²) in [5.74, 6) is -1.39. The highest BCUT2D eigenvalue weighted by molar-refractivity contribution is 7.92. The monoisotopic (exact) mass is 908 g/mol. The summed E-state index contributed by atoms with van der Waals surface area (Å²) < 4.78 is 53.7. The van der Waals surface area contributed by atoms with Crippen molar-refractivity contribution in [1.82, 2.24) is 19.2 Å². The molecule has 0 spiro atoms. The van der Waals surface area contributed by atoms with Crippen molar-refractivity contribution < 1.29 is 40.8 Å². The van der Waals surface area contributed by atoms with Crippen molar-refractivity contribution in [3.8, 4) is 6.07 Å². The molecule has 4 aliphatic rings. The number of nitrogens with two attached hydrogens (primary N) is 3. The van der Waals surface area contributed by atoms with Crippen molar-refractivity contribution in [1.29, 1.82) is 5.26 Å². The van der Waals surface area contributed by atoms with Crippen LogP contribution in [0.3, 0.4) is 0 Å². The molecule has 4 aliphatic heterocycles. The van der Waals surface area contributed by atoms with E-state index in [0.717, 1.165) is 38.6 Å². The molecule has 6 rings (SSSR count). The van der Waals surface area contributed by atoms with Crippen LogP contribution in [0.15, 0.2) is 35.1 Å². The quantitative estimate of drug-likeness (QED) is 0.227. The Balaban J connectivity index is 0.000000238. The number of amides is 7. The summed E-state index contributed by atoms with van der Waals surface area (Å²) in [7, 11) is -7.39. The number of nitrogens with zero attached hydrogens (tertiary/aromatic N) is 5. The number of hydrogen-bond acceptors (Lipinski definition) is 12. The van der Waals surface area contributed by atoms with Gasteiger partial charge in [-0.1, -0.05) is 0 Å². The number of aryl methyl sites for hydroxylation is 4. The highest BCUT2D eigenvalue weighted by atomic mass is 32.2. The van der Waals surface area contributed by atoms with Gasteiger partial charge in [0.05, 0.1) is 11.6 Å². The van der Waals surface area contributed by atoms with Crippen LogP contribution in [0.4, 0.5) is 21.0 Å². The van der Waals surface area contributed by atoms with Gasteiger partial charge in [-0.15, -0.1) is 0 Å². The molecule has 0 saturated carbocycles. The Labute approximate surface area is 368 Å². The number of carbonyl (C=O) groups excluding carboxylic acids is 5. The largest absolute Gasteiger partial charge is 0.368 e. The minimum Gasteiger partial charge on any atom is -0.368 e. The fraction of sp³-hybridized carbons (Fsp3) is 0.476. The van der Waals surface area contributed by atoms with E-state index in [1.54, 1.807) is 58.0 Å². The number of primary amides is 1. The first kappa shape index (κ1) is 48.5. The van der Waals surface area contributed by atoms with Crippen LogP contribution < -0.4 is 37.6 Å². The number of piperidine rings is 2. The Hall–Kier alpha value is -5.50. The third-order valence-electron chi connectivity index (χ3n) is 12.2. The van der Waals surface area contributed by atoms with Crippen LogP contribution in [0, 0.1) is 39.0 Å². The normalized spacial score (nSPS) is 21.3. The molecule has 8 N–H and O–H groups in total. The molecular weight excluding hydrogens is 853 g/mol. The molecule has 4 fully saturated rings. The summed E-state index contributed by atoms with van der Waals surface area (Å²) in [5.41, 5.74) is 18.6. The number of anilines is 2. The highest BCUT2D eigenvalue weighted by Crippen LogP contribution is 2.34. The van der Waals surface area contributed by atoms with E-state index in [4.69, 9.17) is 22.5 Å². The number of rotatable bonds is 9. The van der Waals surface area contributed by atoms with Crippen LogP contribution in [0.2, 0.25) is 0 Å². The first-order valence-electron chi connectivity index (χ1n) is 20.2. The summed E-state index contributed by atoms with van der Waals surface area (Å²) in [6.45, 7) is 14.5. The lowest BCUT2D eigenvalue weighted by molar-refractivity contribution is -0.124. The first-order chi connectivity index (χ1) is 29.0. The predicted molar refractivity (Wildman–Crippen MR) is 238 cm³/mol. The maximum Gasteiger partial charge on any atom is 0.329 e. The van der Waals surface area contributed by atoms with Crippen LogP contribution in [0.5, 0.6) is 0 Å². The Morgan fingerprint density at radius 2 is 0.968 bits per heavy atom.